The number of nitriles is 1. The summed E-state index contributed by atoms with van der Waals surface area (Å²) in [5, 5.41) is 8.35. The predicted octanol–water partition coefficient (Wildman–Crippen LogP) is 1.49. The first-order valence-corrected chi connectivity index (χ1v) is 3.71. The largest absolute Gasteiger partial charge is 0.469 e. The zero-order valence-electron chi connectivity index (χ0n) is 6.96. The first-order chi connectivity index (χ1) is 5.26. The van der Waals surface area contributed by atoms with E-state index in [0.717, 1.165) is 12.8 Å². The van der Waals surface area contributed by atoms with E-state index < -0.39 is 0 Å². The molecule has 1 atom stereocenters. The fourth-order valence-electron chi connectivity index (χ4n) is 0.929. The van der Waals surface area contributed by atoms with Crippen LogP contribution in [0.5, 0.6) is 0 Å². The van der Waals surface area contributed by atoms with Gasteiger partial charge in [0.2, 0.25) is 0 Å². The predicted molar refractivity (Wildman–Crippen MR) is 40.6 cm³/mol. The van der Waals surface area contributed by atoms with Crippen molar-refractivity contribution in [2.75, 3.05) is 7.11 Å². The van der Waals surface area contributed by atoms with Crippen LogP contribution in [0.25, 0.3) is 0 Å². The van der Waals surface area contributed by atoms with Gasteiger partial charge < -0.3 is 4.74 Å². The molecular weight excluding hydrogens is 142 g/mol. The van der Waals surface area contributed by atoms with Crippen LogP contribution in [-0.4, -0.2) is 13.1 Å². The second kappa shape index (κ2) is 5.72. The summed E-state index contributed by atoms with van der Waals surface area (Å²) >= 11 is 0. The van der Waals surface area contributed by atoms with Crippen molar-refractivity contribution < 1.29 is 9.53 Å². The van der Waals surface area contributed by atoms with Crippen molar-refractivity contribution in [2.24, 2.45) is 5.92 Å². The van der Waals surface area contributed by atoms with Crippen LogP contribution >= 0.6 is 0 Å². The highest BCUT2D eigenvalue weighted by atomic mass is 16.5. The molecule has 0 aliphatic carbocycles. The van der Waals surface area contributed by atoms with Gasteiger partial charge in [0.15, 0.2) is 0 Å². The van der Waals surface area contributed by atoms with Crippen molar-refractivity contribution in [2.45, 2.75) is 26.2 Å². The standard InChI is InChI=1S/C8H13NO2/c1-3-4-7(5-6-9)8(10)11-2/h7H,3-5H2,1-2H3/t7-/m1/s1. The van der Waals surface area contributed by atoms with Crippen molar-refractivity contribution in [1.82, 2.24) is 0 Å². The van der Waals surface area contributed by atoms with E-state index in [0.29, 0.717) is 0 Å². The molecule has 0 fully saturated rings. The SMILES string of the molecule is CCC[C@H](CC#N)C(=O)OC. The summed E-state index contributed by atoms with van der Waals surface area (Å²) in [6, 6.07) is 1.97. The molecule has 0 unspecified atom stereocenters. The zero-order valence-corrected chi connectivity index (χ0v) is 6.96. The molecule has 0 aromatic heterocycles. The highest BCUT2D eigenvalue weighted by Crippen LogP contribution is 2.11. The number of carbonyl (C=O) groups is 1. The first kappa shape index (κ1) is 9.96. The van der Waals surface area contributed by atoms with Crippen molar-refractivity contribution in [1.29, 1.82) is 5.26 Å². The van der Waals surface area contributed by atoms with Gasteiger partial charge >= 0.3 is 5.97 Å². The van der Waals surface area contributed by atoms with Crippen molar-refractivity contribution in [3.63, 3.8) is 0 Å². The Bertz CT molecular complexity index is 160. The molecule has 0 saturated heterocycles. The van der Waals surface area contributed by atoms with Crippen LogP contribution in [0.15, 0.2) is 0 Å². The van der Waals surface area contributed by atoms with Crippen LogP contribution in [0.1, 0.15) is 26.2 Å². The molecule has 0 saturated carbocycles. The molecule has 0 N–H and O–H groups in total. The third-order valence-corrected chi connectivity index (χ3v) is 1.51. The van der Waals surface area contributed by atoms with Gasteiger partial charge in [-0.05, 0) is 6.42 Å². The summed E-state index contributed by atoms with van der Waals surface area (Å²) in [6.07, 6.45) is 1.90. The molecule has 0 aromatic rings. The number of hydrogen-bond donors (Lipinski definition) is 0. The molecule has 0 radical (unpaired) electrons. The number of esters is 1. The second-order valence-electron chi connectivity index (χ2n) is 2.37. The normalized spacial score (nSPS) is 11.7. The lowest BCUT2D eigenvalue weighted by molar-refractivity contribution is -0.145. The molecule has 0 spiro atoms. The van der Waals surface area contributed by atoms with Gasteiger partial charge in [-0.2, -0.15) is 5.26 Å². The average molecular weight is 155 g/mol. The van der Waals surface area contributed by atoms with Gasteiger partial charge in [-0.25, -0.2) is 0 Å². The number of rotatable bonds is 4. The van der Waals surface area contributed by atoms with E-state index in [4.69, 9.17) is 5.26 Å². The van der Waals surface area contributed by atoms with E-state index in [-0.39, 0.29) is 18.3 Å². The molecule has 3 heteroatoms. The average Bonchev–Trinajstić information content (AvgIpc) is 2.03. The Morgan fingerprint density at radius 2 is 2.36 bits per heavy atom. The highest BCUT2D eigenvalue weighted by Gasteiger charge is 2.16. The lowest BCUT2D eigenvalue weighted by Gasteiger charge is -2.08. The molecule has 0 aromatic carbocycles. The fourth-order valence-corrected chi connectivity index (χ4v) is 0.929. The minimum Gasteiger partial charge on any atom is -0.469 e. The van der Waals surface area contributed by atoms with Gasteiger partial charge in [0.05, 0.1) is 19.1 Å². The lowest BCUT2D eigenvalue weighted by Crippen LogP contribution is -2.15. The maximum absolute atomic E-state index is 10.9. The van der Waals surface area contributed by atoms with Gasteiger partial charge in [0, 0.05) is 6.42 Å². The van der Waals surface area contributed by atoms with E-state index in [1.165, 1.54) is 7.11 Å². The Morgan fingerprint density at radius 3 is 2.73 bits per heavy atom. The highest BCUT2D eigenvalue weighted by molar-refractivity contribution is 5.72. The summed E-state index contributed by atoms with van der Waals surface area (Å²) in [4.78, 5) is 10.9. The molecule has 0 aliphatic rings. The van der Waals surface area contributed by atoms with Gasteiger partial charge in [-0.3, -0.25) is 4.79 Å². The Labute approximate surface area is 67.0 Å². The van der Waals surface area contributed by atoms with Crippen LogP contribution in [-0.2, 0) is 9.53 Å². The summed E-state index contributed by atoms with van der Waals surface area (Å²) in [5.41, 5.74) is 0. The van der Waals surface area contributed by atoms with Crippen LogP contribution in [0, 0.1) is 17.2 Å². The van der Waals surface area contributed by atoms with Gasteiger partial charge in [-0.1, -0.05) is 13.3 Å². The van der Waals surface area contributed by atoms with Crippen molar-refractivity contribution in [3.05, 3.63) is 0 Å². The quantitative estimate of drug-likeness (QED) is 0.578. The Kier molecular flexibility index (Phi) is 5.18. The minimum absolute atomic E-state index is 0.227. The number of carbonyl (C=O) groups excluding carboxylic acids is 1. The molecule has 62 valence electrons. The van der Waals surface area contributed by atoms with Crippen LogP contribution in [0.4, 0.5) is 0 Å². The number of nitrogens with zero attached hydrogens (tertiary/aromatic N) is 1. The Morgan fingerprint density at radius 1 is 1.73 bits per heavy atom. The second-order valence-corrected chi connectivity index (χ2v) is 2.37. The smallest absolute Gasteiger partial charge is 0.309 e. The summed E-state index contributed by atoms with van der Waals surface area (Å²) in [6.45, 7) is 1.98. The Balaban J connectivity index is 3.89. The number of hydrogen-bond acceptors (Lipinski definition) is 3. The minimum atomic E-state index is -0.270. The molecule has 0 amide bonds. The molecule has 3 nitrogen and oxygen atoms in total. The molecule has 0 heterocycles. The lowest BCUT2D eigenvalue weighted by atomic mass is 10.0. The maximum atomic E-state index is 10.9. The van der Waals surface area contributed by atoms with E-state index in [9.17, 15) is 4.79 Å². The molecule has 0 aliphatic heterocycles. The molecular formula is C8H13NO2. The fraction of sp³-hybridized carbons (Fsp3) is 0.750. The third-order valence-electron chi connectivity index (χ3n) is 1.51. The monoisotopic (exact) mass is 155 g/mol. The van der Waals surface area contributed by atoms with E-state index >= 15 is 0 Å². The Hall–Kier alpha value is -1.04. The number of methoxy groups -OCH3 is 1. The van der Waals surface area contributed by atoms with Gasteiger partial charge in [0.25, 0.3) is 0 Å². The van der Waals surface area contributed by atoms with Gasteiger partial charge in [0.1, 0.15) is 0 Å². The van der Waals surface area contributed by atoms with Crippen LogP contribution in [0.3, 0.4) is 0 Å². The maximum Gasteiger partial charge on any atom is 0.309 e. The van der Waals surface area contributed by atoms with E-state index in [1.807, 2.05) is 13.0 Å². The summed E-state index contributed by atoms with van der Waals surface area (Å²) < 4.78 is 4.53. The zero-order chi connectivity index (χ0) is 8.69. The summed E-state index contributed by atoms with van der Waals surface area (Å²) in [7, 11) is 1.35. The summed E-state index contributed by atoms with van der Waals surface area (Å²) in [5.74, 6) is -0.497. The van der Waals surface area contributed by atoms with E-state index in [2.05, 4.69) is 4.74 Å². The van der Waals surface area contributed by atoms with E-state index in [1.54, 1.807) is 0 Å². The third kappa shape index (κ3) is 3.61. The number of ether oxygens (including phenoxy) is 1. The van der Waals surface area contributed by atoms with Gasteiger partial charge in [-0.15, -0.1) is 0 Å². The van der Waals surface area contributed by atoms with Crippen LogP contribution in [0.2, 0.25) is 0 Å². The molecule has 0 rings (SSSR count). The topological polar surface area (TPSA) is 50.1 Å². The van der Waals surface area contributed by atoms with Crippen molar-refractivity contribution >= 4 is 5.97 Å². The molecule has 11 heavy (non-hydrogen) atoms. The van der Waals surface area contributed by atoms with Crippen LogP contribution < -0.4 is 0 Å². The van der Waals surface area contributed by atoms with Crippen molar-refractivity contribution in [3.8, 4) is 6.07 Å². The first-order valence-electron chi connectivity index (χ1n) is 3.71. The molecule has 0 bridgehead atoms.